The molecule has 1 amide bonds. The van der Waals surface area contributed by atoms with E-state index >= 15 is 0 Å². The van der Waals surface area contributed by atoms with Crippen LogP contribution in [0, 0.1) is 0 Å². The van der Waals surface area contributed by atoms with Gasteiger partial charge in [-0.25, -0.2) is 9.78 Å². The summed E-state index contributed by atoms with van der Waals surface area (Å²) in [6.45, 7) is 5.91. The van der Waals surface area contributed by atoms with Crippen molar-refractivity contribution in [3.05, 3.63) is 35.4 Å². The lowest BCUT2D eigenvalue weighted by Crippen LogP contribution is -2.45. The Kier molecular flexibility index (Phi) is 7.23. The van der Waals surface area contributed by atoms with Gasteiger partial charge in [0.2, 0.25) is 0 Å². The molecular formula is C27H32ClN5O6. The molecular weight excluding hydrogens is 526 g/mol. The Balaban J connectivity index is 1.10. The first kappa shape index (κ1) is 26.1. The molecule has 3 saturated heterocycles. The third-order valence-electron chi connectivity index (χ3n) is 7.32. The number of aromatic amines is 1. The van der Waals surface area contributed by atoms with Gasteiger partial charge in [-0.2, -0.15) is 4.98 Å². The molecule has 0 bridgehead atoms. The summed E-state index contributed by atoms with van der Waals surface area (Å²) in [7, 11) is 0. The van der Waals surface area contributed by atoms with E-state index in [2.05, 4.69) is 32.3 Å². The number of benzene rings is 1. The van der Waals surface area contributed by atoms with Gasteiger partial charge < -0.3 is 39.3 Å². The number of H-pyrrole nitrogens is 1. The second-order valence-corrected chi connectivity index (χ2v) is 10.9. The smallest absolute Gasteiger partial charge is 0.407 e. The van der Waals surface area contributed by atoms with Crippen LogP contribution >= 0.6 is 11.6 Å². The van der Waals surface area contributed by atoms with Gasteiger partial charge in [-0.05, 0) is 44.9 Å². The average molecular weight is 558 g/mol. The van der Waals surface area contributed by atoms with E-state index in [0.29, 0.717) is 34.5 Å². The Hall–Kier alpha value is -3.12. The number of aliphatic hydroxyl groups is 1. The van der Waals surface area contributed by atoms with Crippen LogP contribution in [0.15, 0.2) is 30.3 Å². The number of halogens is 1. The Morgan fingerprint density at radius 3 is 2.64 bits per heavy atom. The fourth-order valence-electron chi connectivity index (χ4n) is 5.37. The molecule has 208 valence electrons. The number of ether oxygens (including phenoxy) is 4. The summed E-state index contributed by atoms with van der Waals surface area (Å²) in [5, 5.41) is 13.4. The van der Waals surface area contributed by atoms with Crippen molar-refractivity contribution in [1.29, 1.82) is 0 Å². The third kappa shape index (κ3) is 5.49. The van der Waals surface area contributed by atoms with Gasteiger partial charge in [0, 0.05) is 30.4 Å². The number of aliphatic hydroxyl groups excluding tert-OH is 1. The summed E-state index contributed by atoms with van der Waals surface area (Å²) in [6, 6.07) is 10.3. The van der Waals surface area contributed by atoms with Crippen LogP contribution in [0.25, 0.3) is 22.4 Å². The fourth-order valence-corrected chi connectivity index (χ4v) is 5.63. The maximum atomic E-state index is 11.9. The predicted octanol–water partition coefficient (Wildman–Crippen LogP) is 3.29. The summed E-state index contributed by atoms with van der Waals surface area (Å²) < 4.78 is 22.4. The third-order valence-corrected chi connectivity index (χ3v) is 7.60. The summed E-state index contributed by atoms with van der Waals surface area (Å²) in [5.41, 5.74) is 3.76. The summed E-state index contributed by atoms with van der Waals surface area (Å²) in [6.07, 6.45) is -0.502. The fraction of sp³-hybridized carbons (Fsp3) is 0.519. The predicted molar refractivity (Wildman–Crippen MR) is 144 cm³/mol. The number of imidazole rings is 1. The lowest BCUT2D eigenvalue weighted by Gasteiger charge is -2.34. The van der Waals surface area contributed by atoms with Crippen molar-refractivity contribution in [2.24, 2.45) is 0 Å². The van der Waals surface area contributed by atoms with Crippen molar-refractivity contribution in [3.63, 3.8) is 0 Å². The standard InChI is InChI=1S/C27H32ClN5O6/c1-14(2)38-27(35)29-16-7-9-33(10-8-16)17-5-3-15(4-6-17)22-18(28)11-19-25(31-22)32-26(30-19)39-21-13-37-23-20(34)12-36-24(21)23/h3-6,11,14,16,20-21,23-24,34H,7-10,12-13H2,1-2H3,(H,29,35)(H,30,31,32)/t20-,21-,23?,24?/m1/s1. The number of alkyl carbamates (subject to hydrolysis) is 1. The maximum absolute atomic E-state index is 11.9. The van der Waals surface area contributed by atoms with E-state index in [1.54, 1.807) is 6.07 Å². The number of pyridine rings is 1. The molecule has 3 N–H and O–H groups in total. The quantitative estimate of drug-likeness (QED) is 0.418. The minimum atomic E-state index is -0.641. The zero-order chi connectivity index (χ0) is 27.1. The Labute approximate surface area is 230 Å². The molecule has 3 aliphatic heterocycles. The largest absolute Gasteiger partial charge is 0.456 e. The van der Waals surface area contributed by atoms with E-state index in [0.717, 1.165) is 37.2 Å². The normalized spacial score (nSPS) is 25.3. The van der Waals surface area contributed by atoms with Crippen molar-refractivity contribution in [3.8, 4) is 17.3 Å². The van der Waals surface area contributed by atoms with Crippen molar-refractivity contribution in [1.82, 2.24) is 20.3 Å². The van der Waals surface area contributed by atoms with Gasteiger partial charge in [-0.15, -0.1) is 0 Å². The van der Waals surface area contributed by atoms with Gasteiger partial charge in [0.1, 0.15) is 18.3 Å². The van der Waals surface area contributed by atoms with E-state index in [9.17, 15) is 9.90 Å². The number of aromatic nitrogens is 3. The second-order valence-electron chi connectivity index (χ2n) is 10.5. The number of nitrogens with one attached hydrogen (secondary N) is 2. The van der Waals surface area contributed by atoms with Gasteiger partial charge in [0.05, 0.1) is 35.6 Å². The van der Waals surface area contributed by atoms with E-state index < -0.39 is 6.10 Å². The first-order valence-corrected chi connectivity index (χ1v) is 13.7. The number of nitrogens with zero attached hydrogens (tertiary/aromatic N) is 3. The lowest BCUT2D eigenvalue weighted by atomic mass is 10.0. The first-order chi connectivity index (χ1) is 18.8. The Morgan fingerprint density at radius 1 is 1.15 bits per heavy atom. The SMILES string of the molecule is CC(C)OC(=O)NC1CCN(c2ccc(-c3nc4nc(O[C@@H]5COC6C5OC[C@H]6O)[nH]c4cc3Cl)cc2)CC1. The topological polar surface area (TPSA) is 131 Å². The highest BCUT2D eigenvalue weighted by Gasteiger charge is 2.48. The van der Waals surface area contributed by atoms with Crippen molar-refractivity contribution in [2.75, 3.05) is 31.2 Å². The molecule has 2 aromatic heterocycles. The van der Waals surface area contributed by atoms with Crippen molar-refractivity contribution < 1.29 is 28.8 Å². The first-order valence-electron chi connectivity index (χ1n) is 13.3. The molecule has 6 rings (SSSR count). The van der Waals surface area contributed by atoms with E-state index in [4.69, 9.17) is 35.5 Å². The van der Waals surface area contributed by atoms with Crippen molar-refractivity contribution >= 4 is 34.5 Å². The molecule has 0 aliphatic carbocycles. The number of rotatable bonds is 6. The van der Waals surface area contributed by atoms with Crippen molar-refractivity contribution in [2.45, 2.75) is 63.3 Å². The monoisotopic (exact) mass is 557 g/mol. The van der Waals surface area contributed by atoms with Crippen LogP contribution in [0.1, 0.15) is 26.7 Å². The van der Waals surface area contributed by atoms with E-state index in [1.165, 1.54) is 0 Å². The molecule has 4 atom stereocenters. The molecule has 39 heavy (non-hydrogen) atoms. The van der Waals surface area contributed by atoms with Crippen LogP contribution in [0.3, 0.4) is 0 Å². The zero-order valence-electron chi connectivity index (χ0n) is 21.8. The number of carbonyl (C=O) groups is 1. The summed E-state index contributed by atoms with van der Waals surface area (Å²) in [5.74, 6) is 0. The summed E-state index contributed by atoms with van der Waals surface area (Å²) >= 11 is 6.61. The molecule has 3 fully saturated rings. The van der Waals surface area contributed by atoms with Crippen LogP contribution in [-0.4, -0.2) is 89.0 Å². The lowest BCUT2D eigenvalue weighted by molar-refractivity contribution is 0.00706. The number of anilines is 1. The maximum Gasteiger partial charge on any atom is 0.407 e. The van der Waals surface area contributed by atoms with Crippen LogP contribution in [0.2, 0.25) is 5.02 Å². The minimum Gasteiger partial charge on any atom is -0.456 e. The van der Waals surface area contributed by atoms with E-state index in [-0.39, 0.29) is 43.2 Å². The van der Waals surface area contributed by atoms with Crippen LogP contribution < -0.4 is 15.0 Å². The number of carbonyl (C=O) groups excluding carboxylic acids is 1. The number of piperidine rings is 1. The van der Waals surface area contributed by atoms with Crippen LogP contribution in [0.4, 0.5) is 10.5 Å². The Bertz CT molecular complexity index is 1330. The summed E-state index contributed by atoms with van der Waals surface area (Å²) in [4.78, 5) is 26.5. The molecule has 0 radical (unpaired) electrons. The van der Waals surface area contributed by atoms with Crippen LogP contribution in [0.5, 0.6) is 6.01 Å². The van der Waals surface area contributed by atoms with E-state index in [1.807, 2.05) is 26.0 Å². The molecule has 3 aliphatic rings. The van der Waals surface area contributed by atoms with Gasteiger partial charge in [-0.3, -0.25) is 0 Å². The Morgan fingerprint density at radius 2 is 1.90 bits per heavy atom. The number of hydrogen-bond acceptors (Lipinski definition) is 9. The molecule has 2 unspecified atom stereocenters. The molecule has 0 spiro atoms. The highest BCUT2D eigenvalue weighted by Crippen LogP contribution is 2.33. The number of fused-ring (bicyclic) bond motifs is 2. The zero-order valence-corrected chi connectivity index (χ0v) is 22.6. The van der Waals surface area contributed by atoms with Gasteiger partial charge >= 0.3 is 6.09 Å². The number of amides is 1. The number of hydrogen-bond donors (Lipinski definition) is 3. The molecule has 5 heterocycles. The minimum absolute atomic E-state index is 0.115. The molecule has 0 saturated carbocycles. The molecule has 11 nitrogen and oxygen atoms in total. The van der Waals surface area contributed by atoms with Gasteiger partial charge in [0.15, 0.2) is 11.8 Å². The average Bonchev–Trinajstić information content (AvgIpc) is 3.60. The highest BCUT2D eigenvalue weighted by atomic mass is 35.5. The van der Waals surface area contributed by atoms with Crippen LogP contribution in [-0.2, 0) is 14.2 Å². The van der Waals surface area contributed by atoms with Gasteiger partial charge in [0.25, 0.3) is 6.01 Å². The molecule has 3 aromatic rings. The highest BCUT2D eigenvalue weighted by molar-refractivity contribution is 6.33. The van der Waals surface area contributed by atoms with Gasteiger partial charge in [-0.1, -0.05) is 23.7 Å². The second kappa shape index (κ2) is 10.8. The molecule has 12 heteroatoms. The molecule has 1 aromatic carbocycles.